The maximum Gasteiger partial charge on any atom is 0.255 e. The Morgan fingerprint density at radius 3 is 2.80 bits per heavy atom. The number of carbonyl (C=O) groups excluding carboxylic acids is 2. The first-order valence-electron chi connectivity index (χ1n) is 10.2. The molecule has 3 aromatic heterocycles. The van der Waals surface area contributed by atoms with E-state index in [1.807, 2.05) is 63.2 Å². The molecule has 1 aliphatic heterocycles. The Bertz CT molecular complexity index is 1130. The topological polar surface area (TPSA) is 79.6 Å². The van der Waals surface area contributed by atoms with Crippen LogP contribution in [0.3, 0.4) is 0 Å². The zero-order valence-electron chi connectivity index (χ0n) is 17.9. The van der Waals surface area contributed by atoms with Gasteiger partial charge in [-0.1, -0.05) is 26.8 Å². The molecule has 0 spiro atoms. The van der Waals surface area contributed by atoms with Crippen LogP contribution in [0.5, 0.6) is 0 Å². The van der Waals surface area contributed by atoms with Crippen molar-refractivity contribution in [1.82, 2.24) is 24.8 Å². The highest BCUT2D eigenvalue weighted by atomic mass is 16.2. The molecule has 4 heterocycles. The lowest BCUT2D eigenvalue weighted by Gasteiger charge is -2.33. The molecule has 0 saturated carbocycles. The van der Waals surface area contributed by atoms with Gasteiger partial charge in [0, 0.05) is 49.6 Å². The molecule has 0 aromatic carbocycles. The molecule has 156 valence electrons. The number of aryl methyl sites for hydroxylation is 1. The van der Waals surface area contributed by atoms with E-state index in [-0.39, 0.29) is 11.8 Å². The zero-order valence-corrected chi connectivity index (χ0v) is 17.9. The van der Waals surface area contributed by atoms with E-state index in [1.165, 1.54) is 0 Å². The third-order valence-corrected chi connectivity index (χ3v) is 5.47. The lowest BCUT2D eigenvalue weighted by atomic mass is 9.93. The molecule has 7 nitrogen and oxygen atoms in total. The third kappa shape index (κ3) is 3.79. The fraction of sp³-hybridized carbons (Fsp3) is 0.391. The zero-order chi connectivity index (χ0) is 21.5. The maximum atomic E-state index is 12.7. The largest absolute Gasteiger partial charge is 0.348 e. The normalized spacial score (nSPS) is 13.9. The number of carbonyl (C=O) groups is 2. The van der Waals surface area contributed by atoms with Crippen LogP contribution < -0.4 is 5.32 Å². The summed E-state index contributed by atoms with van der Waals surface area (Å²) in [6, 6.07) is 5.92. The van der Waals surface area contributed by atoms with Crippen LogP contribution in [0.15, 0.2) is 36.8 Å². The summed E-state index contributed by atoms with van der Waals surface area (Å²) in [6.07, 6.45) is 5.99. The number of hydrogen-bond donors (Lipinski definition) is 1. The van der Waals surface area contributed by atoms with E-state index in [2.05, 4.69) is 15.4 Å². The Morgan fingerprint density at radius 2 is 2.03 bits per heavy atom. The summed E-state index contributed by atoms with van der Waals surface area (Å²) in [5, 5.41) is 7.24. The molecule has 3 aromatic rings. The van der Waals surface area contributed by atoms with Crippen molar-refractivity contribution in [3.05, 3.63) is 64.7 Å². The van der Waals surface area contributed by atoms with Crippen LogP contribution in [-0.2, 0) is 24.3 Å². The second kappa shape index (κ2) is 7.55. The molecule has 0 saturated heterocycles. The SMILES string of the molecule is Cc1cccn2ncc(C(=O)NCc3cnc4c(c3)CN(C(=O)C(C)(C)C)CC4)c12. The second-order valence-corrected chi connectivity index (χ2v) is 8.90. The van der Waals surface area contributed by atoms with Crippen LogP contribution in [0.1, 0.15) is 53.5 Å². The van der Waals surface area contributed by atoms with Gasteiger partial charge in [0.05, 0.1) is 17.3 Å². The van der Waals surface area contributed by atoms with Gasteiger partial charge in [0.2, 0.25) is 5.91 Å². The van der Waals surface area contributed by atoms with Crippen molar-refractivity contribution in [2.24, 2.45) is 5.41 Å². The molecule has 0 atom stereocenters. The van der Waals surface area contributed by atoms with Crippen LogP contribution in [0.25, 0.3) is 5.52 Å². The number of amides is 2. The average Bonchev–Trinajstić information content (AvgIpc) is 3.16. The van der Waals surface area contributed by atoms with Crippen molar-refractivity contribution >= 4 is 17.3 Å². The molecule has 0 radical (unpaired) electrons. The van der Waals surface area contributed by atoms with Gasteiger partial charge in [-0.2, -0.15) is 5.10 Å². The lowest BCUT2D eigenvalue weighted by molar-refractivity contribution is -0.140. The van der Waals surface area contributed by atoms with Gasteiger partial charge in [0.1, 0.15) is 0 Å². The smallest absolute Gasteiger partial charge is 0.255 e. The van der Waals surface area contributed by atoms with Crippen molar-refractivity contribution in [3.63, 3.8) is 0 Å². The minimum atomic E-state index is -0.400. The molecule has 0 aliphatic carbocycles. The Morgan fingerprint density at radius 1 is 1.23 bits per heavy atom. The van der Waals surface area contributed by atoms with E-state index in [4.69, 9.17) is 0 Å². The molecule has 0 fully saturated rings. The van der Waals surface area contributed by atoms with E-state index in [0.717, 1.165) is 34.3 Å². The summed E-state index contributed by atoms with van der Waals surface area (Å²) in [5.74, 6) is -0.0168. The van der Waals surface area contributed by atoms with Crippen LogP contribution in [0.4, 0.5) is 0 Å². The predicted molar refractivity (Wildman–Crippen MR) is 114 cm³/mol. The van der Waals surface area contributed by atoms with Gasteiger partial charge in [-0.25, -0.2) is 4.52 Å². The standard InChI is InChI=1S/C23H27N5O2/c1-15-6-5-8-28-20(15)18(13-26-28)21(29)25-12-16-10-17-14-27(22(30)23(2,3)4)9-7-19(17)24-11-16/h5-6,8,10-11,13H,7,9,12,14H2,1-4H3,(H,25,29). The van der Waals surface area contributed by atoms with Crippen molar-refractivity contribution < 1.29 is 9.59 Å². The van der Waals surface area contributed by atoms with Gasteiger partial charge < -0.3 is 10.2 Å². The Kier molecular flexibility index (Phi) is 5.05. The number of fused-ring (bicyclic) bond motifs is 2. The van der Waals surface area contributed by atoms with Crippen molar-refractivity contribution in [3.8, 4) is 0 Å². The molecule has 1 aliphatic rings. The summed E-state index contributed by atoms with van der Waals surface area (Å²) < 4.78 is 1.71. The first-order chi connectivity index (χ1) is 14.2. The van der Waals surface area contributed by atoms with E-state index in [1.54, 1.807) is 10.7 Å². The molecule has 0 bridgehead atoms. The van der Waals surface area contributed by atoms with Gasteiger partial charge in [0.25, 0.3) is 5.91 Å². The van der Waals surface area contributed by atoms with Gasteiger partial charge in [-0.05, 0) is 35.7 Å². The van der Waals surface area contributed by atoms with Crippen molar-refractivity contribution in [1.29, 1.82) is 0 Å². The number of aromatic nitrogens is 3. The highest BCUT2D eigenvalue weighted by molar-refractivity contribution is 6.01. The quantitative estimate of drug-likeness (QED) is 0.727. The van der Waals surface area contributed by atoms with E-state index < -0.39 is 5.41 Å². The van der Waals surface area contributed by atoms with Gasteiger partial charge >= 0.3 is 0 Å². The van der Waals surface area contributed by atoms with Gasteiger partial charge in [0.15, 0.2) is 0 Å². The van der Waals surface area contributed by atoms with Gasteiger partial charge in [-0.3, -0.25) is 14.6 Å². The van der Waals surface area contributed by atoms with Crippen LogP contribution in [0.2, 0.25) is 0 Å². The van der Waals surface area contributed by atoms with E-state index >= 15 is 0 Å². The summed E-state index contributed by atoms with van der Waals surface area (Å²) >= 11 is 0. The minimum absolute atomic E-state index is 0.148. The fourth-order valence-corrected chi connectivity index (χ4v) is 3.88. The van der Waals surface area contributed by atoms with Crippen LogP contribution in [-0.4, -0.2) is 37.9 Å². The number of rotatable bonds is 3. The first-order valence-corrected chi connectivity index (χ1v) is 10.2. The van der Waals surface area contributed by atoms with Crippen LogP contribution >= 0.6 is 0 Å². The molecule has 4 rings (SSSR count). The maximum absolute atomic E-state index is 12.7. The van der Waals surface area contributed by atoms with Crippen molar-refractivity contribution in [2.75, 3.05) is 6.54 Å². The number of hydrogen-bond acceptors (Lipinski definition) is 4. The van der Waals surface area contributed by atoms with E-state index in [9.17, 15) is 9.59 Å². The molecule has 7 heteroatoms. The minimum Gasteiger partial charge on any atom is -0.348 e. The number of pyridine rings is 2. The third-order valence-electron chi connectivity index (χ3n) is 5.47. The summed E-state index contributed by atoms with van der Waals surface area (Å²) in [5.41, 5.74) is 4.97. The highest BCUT2D eigenvalue weighted by Crippen LogP contribution is 2.24. The molecule has 0 unspecified atom stereocenters. The second-order valence-electron chi connectivity index (χ2n) is 8.90. The number of nitrogens with zero attached hydrogens (tertiary/aromatic N) is 4. The average molecular weight is 406 g/mol. The summed E-state index contributed by atoms with van der Waals surface area (Å²) in [6.45, 7) is 9.42. The molecule has 30 heavy (non-hydrogen) atoms. The molecule has 1 N–H and O–H groups in total. The fourth-order valence-electron chi connectivity index (χ4n) is 3.88. The highest BCUT2D eigenvalue weighted by Gasteiger charge is 2.30. The lowest BCUT2D eigenvalue weighted by Crippen LogP contribution is -2.42. The Labute approximate surface area is 176 Å². The Balaban J connectivity index is 1.47. The van der Waals surface area contributed by atoms with Gasteiger partial charge in [-0.15, -0.1) is 0 Å². The Hall–Kier alpha value is -3.22. The predicted octanol–water partition coefficient (Wildman–Crippen LogP) is 2.90. The molecular weight excluding hydrogens is 378 g/mol. The summed E-state index contributed by atoms with van der Waals surface area (Å²) in [7, 11) is 0. The van der Waals surface area contributed by atoms with E-state index in [0.29, 0.717) is 25.2 Å². The molecular formula is C23H27N5O2. The summed E-state index contributed by atoms with van der Waals surface area (Å²) in [4.78, 5) is 31.9. The van der Waals surface area contributed by atoms with Crippen LogP contribution in [0, 0.1) is 12.3 Å². The molecule has 2 amide bonds. The van der Waals surface area contributed by atoms with Crippen molar-refractivity contribution in [2.45, 2.75) is 47.2 Å². The first kappa shape index (κ1) is 20.1. The number of nitrogens with one attached hydrogen (secondary N) is 1. The monoisotopic (exact) mass is 405 g/mol.